The van der Waals surface area contributed by atoms with Crippen molar-refractivity contribution in [3.63, 3.8) is 0 Å². The van der Waals surface area contributed by atoms with E-state index >= 15 is 0 Å². The maximum atomic E-state index is 13.2. The molecule has 1 aromatic rings. The summed E-state index contributed by atoms with van der Waals surface area (Å²) in [7, 11) is 0. The Hall–Kier alpha value is -3.19. The van der Waals surface area contributed by atoms with E-state index in [1.165, 1.54) is 32.9 Å². The van der Waals surface area contributed by atoms with E-state index in [2.05, 4.69) is 10.1 Å². The Balaban J connectivity index is 2.48. The van der Waals surface area contributed by atoms with Gasteiger partial charge in [0, 0.05) is 0 Å². The second-order valence-corrected chi connectivity index (χ2v) is 8.01. The Morgan fingerprint density at radius 2 is 1.61 bits per heavy atom. The molecular formula is C19H21F6N3O5. The Bertz CT molecular complexity index is 897. The first-order valence-corrected chi connectivity index (χ1v) is 9.44. The second kappa shape index (κ2) is 9.35. The number of carbonyl (C=O) groups excluding carboxylic acids is 3. The highest BCUT2D eigenvalue weighted by Crippen LogP contribution is 2.35. The number of nitrogens with one attached hydrogen (secondary N) is 1. The number of amides is 3. The number of alkyl carbamates (subject to hydrolysis) is 1. The predicted molar refractivity (Wildman–Crippen MR) is 103 cm³/mol. The quantitative estimate of drug-likeness (QED) is 0.655. The number of carbonyl (C=O) groups is 3. The molecule has 0 radical (unpaired) electrons. The molecule has 1 aliphatic heterocycles. The third kappa shape index (κ3) is 7.71. The van der Waals surface area contributed by atoms with Crippen molar-refractivity contribution < 1.29 is 50.2 Å². The Kier molecular flexibility index (Phi) is 7.39. The van der Waals surface area contributed by atoms with Crippen LogP contribution in [0, 0.1) is 0 Å². The first-order valence-electron chi connectivity index (χ1n) is 9.44. The zero-order chi connectivity index (χ0) is 25.2. The molecule has 33 heavy (non-hydrogen) atoms. The van der Waals surface area contributed by atoms with Crippen molar-refractivity contribution in [2.45, 2.75) is 44.8 Å². The van der Waals surface area contributed by atoms with Gasteiger partial charge >= 0.3 is 24.5 Å². The van der Waals surface area contributed by atoms with Crippen molar-refractivity contribution in [3.8, 4) is 0 Å². The molecule has 0 bridgehead atoms. The zero-order valence-electron chi connectivity index (χ0n) is 17.7. The minimum absolute atomic E-state index is 0.286. The third-order valence-electron chi connectivity index (χ3n) is 4.00. The van der Waals surface area contributed by atoms with Crippen molar-refractivity contribution in [2.24, 2.45) is 0 Å². The van der Waals surface area contributed by atoms with E-state index < -0.39 is 67.5 Å². The minimum Gasteiger partial charge on any atom is -0.444 e. The van der Waals surface area contributed by atoms with Crippen molar-refractivity contribution >= 4 is 29.5 Å². The van der Waals surface area contributed by atoms with Gasteiger partial charge in [-0.1, -0.05) is 12.1 Å². The lowest BCUT2D eigenvalue weighted by Crippen LogP contribution is -2.55. The van der Waals surface area contributed by atoms with Crippen LogP contribution in [0.1, 0.15) is 20.8 Å². The summed E-state index contributed by atoms with van der Waals surface area (Å²) in [6.45, 7) is -0.0634. The molecule has 1 heterocycles. The first kappa shape index (κ1) is 26.1. The van der Waals surface area contributed by atoms with Crippen LogP contribution in [0.2, 0.25) is 0 Å². The van der Waals surface area contributed by atoms with Crippen molar-refractivity contribution in [1.29, 1.82) is 0 Å². The standard InChI is InChI=1S/C19H21F6N3O5/c1-17(2,3)33-15(30)26-11-8-27(16(31)32-10-19(23,24)25)12-6-4-5-7-13(12)28(14(11)29)9-18(20,21)22/h4-7,11H,8-10H2,1-3H3,(H,26,30). The van der Waals surface area contributed by atoms with Gasteiger partial charge in [0.1, 0.15) is 18.2 Å². The molecule has 1 N–H and O–H groups in total. The van der Waals surface area contributed by atoms with E-state index in [4.69, 9.17) is 4.74 Å². The Morgan fingerprint density at radius 1 is 1.03 bits per heavy atom. The van der Waals surface area contributed by atoms with Gasteiger partial charge in [0.25, 0.3) is 5.91 Å². The van der Waals surface area contributed by atoms with Crippen LogP contribution in [0.25, 0.3) is 0 Å². The number of anilines is 2. The predicted octanol–water partition coefficient (Wildman–Crippen LogP) is 3.99. The Morgan fingerprint density at radius 3 is 2.12 bits per heavy atom. The molecule has 14 heteroatoms. The maximum Gasteiger partial charge on any atom is 0.422 e. The average molecular weight is 485 g/mol. The highest BCUT2D eigenvalue weighted by Gasteiger charge is 2.43. The van der Waals surface area contributed by atoms with E-state index in [0.717, 1.165) is 12.1 Å². The fraction of sp³-hybridized carbons (Fsp3) is 0.526. The summed E-state index contributed by atoms with van der Waals surface area (Å²) in [5.74, 6) is -1.25. The summed E-state index contributed by atoms with van der Waals surface area (Å²) in [6.07, 6.45) is -12.5. The Labute approximate surface area is 184 Å². The van der Waals surface area contributed by atoms with Gasteiger partial charge in [0.05, 0.1) is 17.9 Å². The molecule has 0 saturated carbocycles. The second-order valence-electron chi connectivity index (χ2n) is 8.01. The monoisotopic (exact) mass is 485 g/mol. The molecule has 0 aliphatic carbocycles. The van der Waals surface area contributed by atoms with Gasteiger partial charge < -0.3 is 14.8 Å². The highest BCUT2D eigenvalue weighted by molar-refractivity contribution is 6.06. The third-order valence-corrected chi connectivity index (χ3v) is 4.00. The molecule has 0 spiro atoms. The van der Waals surface area contributed by atoms with Gasteiger partial charge in [-0.25, -0.2) is 9.59 Å². The number of rotatable bonds is 3. The van der Waals surface area contributed by atoms with E-state index in [-0.39, 0.29) is 10.6 Å². The van der Waals surface area contributed by atoms with Crippen LogP contribution in [0.4, 0.5) is 47.3 Å². The summed E-state index contributed by atoms with van der Waals surface area (Å²) in [4.78, 5) is 38.4. The maximum absolute atomic E-state index is 13.2. The lowest BCUT2D eigenvalue weighted by molar-refractivity contribution is -0.159. The first-order chi connectivity index (χ1) is 15.0. The molecule has 1 aromatic carbocycles. The van der Waals surface area contributed by atoms with Crippen molar-refractivity contribution in [3.05, 3.63) is 24.3 Å². The molecule has 1 atom stereocenters. The van der Waals surface area contributed by atoms with E-state index in [9.17, 15) is 40.7 Å². The number of benzene rings is 1. The largest absolute Gasteiger partial charge is 0.444 e. The number of fused-ring (bicyclic) bond motifs is 1. The SMILES string of the molecule is CC(C)(C)OC(=O)NC1CN(C(=O)OCC(F)(F)F)c2ccccc2N(CC(F)(F)F)C1=O. The normalized spacial score (nSPS) is 17.2. The van der Waals surface area contributed by atoms with Gasteiger partial charge in [-0.15, -0.1) is 0 Å². The number of halogens is 6. The van der Waals surface area contributed by atoms with Gasteiger partial charge in [-0.2, -0.15) is 26.3 Å². The van der Waals surface area contributed by atoms with Crippen LogP contribution in [-0.2, 0) is 14.3 Å². The number of nitrogens with zero attached hydrogens (tertiary/aromatic N) is 2. The summed E-state index contributed by atoms with van der Waals surface area (Å²) >= 11 is 0. The van der Waals surface area contributed by atoms with Crippen molar-refractivity contribution in [1.82, 2.24) is 5.32 Å². The van der Waals surface area contributed by atoms with E-state index in [0.29, 0.717) is 4.90 Å². The van der Waals surface area contributed by atoms with Crippen LogP contribution in [0.5, 0.6) is 0 Å². The number of hydrogen-bond acceptors (Lipinski definition) is 5. The van der Waals surface area contributed by atoms with E-state index in [1.54, 1.807) is 0 Å². The number of ether oxygens (including phenoxy) is 2. The molecule has 1 aliphatic rings. The van der Waals surface area contributed by atoms with Crippen LogP contribution < -0.4 is 15.1 Å². The fourth-order valence-corrected chi connectivity index (χ4v) is 2.88. The van der Waals surface area contributed by atoms with Gasteiger partial charge in [-0.3, -0.25) is 14.6 Å². The van der Waals surface area contributed by atoms with Crippen LogP contribution in [-0.4, -0.2) is 61.8 Å². The summed E-state index contributed by atoms with van der Waals surface area (Å²) < 4.78 is 86.5. The van der Waals surface area contributed by atoms with Gasteiger partial charge in [0.15, 0.2) is 6.61 Å². The molecular weight excluding hydrogens is 464 g/mol. The van der Waals surface area contributed by atoms with Crippen LogP contribution in [0.3, 0.4) is 0 Å². The van der Waals surface area contributed by atoms with E-state index in [1.807, 2.05) is 0 Å². The molecule has 184 valence electrons. The molecule has 0 fully saturated rings. The summed E-state index contributed by atoms with van der Waals surface area (Å²) in [5, 5.41) is 2.08. The summed E-state index contributed by atoms with van der Waals surface area (Å²) in [5.41, 5.74) is -1.74. The van der Waals surface area contributed by atoms with Crippen LogP contribution in [0.15, 0.2) is 24.3 Å². The van der Waals surface area contributed by atoms with Crippen LogP contribution >= 0.6 is 0 Å². The summed E-state index contributed by atoms with van der Waals surface area (Å²) in [6, 6.07) is 3.01. The lowest BCUT2D eigenvalue weighted by Gasteiger charge is -2.27. The lowest BCUT2D eigenvalue weighted by atomic mass is 10.2. The highest BCUT2D eigenvalue weighted by atomic mass is 19.4. The number of para-hydroxylation sites is 2. The van der Waals surface area contributed by atoms with Gasteiger partial charge in [-0.05, 0) is 32.9 Å². The number of hydrogen-bond donors (Lipinski definition) is 1. The van der Waals surface area contributed by atoms with Crippen molar-refractivity contribution in [2.75, 3.05) is 29.5 Å². The fourth-order valence-electron chi connectivity index (χ4n) is 2.88. The molecule has 0 saturated heterocycles. The zero-order valence-corrected chi connectivity index (χ0v) is 17.7. The van der Waals surface area contributed by atoms with Gasteiger partial charge in [0.2, 0.25) is 0 Å². The minimum atomic E-state index is -4.87. The molecule has 0 aromatic heterocycles. The number of alkyl halides is 6. The smallest absolute Gasteiger partial charge is 0.422 e. The molecule has 3 amide bonds. The molecule has 1 unspecified atom stereocenters. The topological polar surface area (TPSA) is 88.2 Å². The molecule has 8 nitrogen and oxygen atoms in total. The average Bonchev–Trinajstić information content (AvgIpc) is 2.74. The molecule has 2 rings (SSSR count).